The van der Waals surface area contributed by atoms with Crippen molar-refractivity contribution in [2.45, 2.75) is 49.6 Å². The third-order valence-electron chi connectivity index (χ3n) is 6.14. The minimum atomic E-state index is -3.64. The number of carbonyl (C=O) groups is 1. The lowest BCUT2D eigenvalue weighted by Gasteiger charge is -2.34. The van der Waals surface area contributed by atoms with E-state index in [1.165, 1.54) is 28.6 Å². The Balaban J connectivity index is 1.76. The van der Waals surface area contributed by atoms with Gasteiger partial charge in [-0.05, 0) is 62.4 Å². The number of carbonyl (C=O) groups excluding carboxylic acids is 1. The molecule has 1 heterocycles. The normalized spacial score (nSPS) is 27.0. The maximum absolute atomic E-state index is 13.1. The van der Waals surface area contributed by atoms with Crippen LogP contribution in [0.1, 0.15) is 32.6 Å². The van der Waals surface area contributed by atoms with Gasteiger partial charge in [0.05, 0.1) is 10.9 Å². The average Bonchev–Trinajstić information content (AvgIpc) is 3.20. The Morgan fingerprint density at radius 1 is 1.30 bits per heavy atom. The summed E-state index contributed by atoms with van der Waals surface area (Å²) in [7, 11) is -1.71. The van der Waals surface area contributed by atoms with Gasteiger partial charge in [-0.1, -0.05) is 13.3 Å². The lowest BCUT2D eigenvalue weighted by atomic mass is 9.95. The highest BCUT2D eigenvalue weighted by atomic mass is 32.2. The van der Waals surface area contributed by atoms with Crippen molar-refractivity contribution < 1.29 is 17.6 Å². The highest BCUT2D eigenvalue weighted by Crippen LogP contribution is 2.42. The van der Waals surface area contributed by atoms with E-state index in [1.54, 1.807) is 0 Å². The van der Waals surface area contributed by atoms with Gasteiger partial charge in [-0.3, -0.25) is 9.69 Å². The summed E-state index contributed by atoms with van der Waals surface area (Å²) in [5.74, 6) is -0.314. The van der Waals surface area contributed by atoms with Crippen LogP contribution in [0.2, 0.25) is 0 Å². The number of nitrogens with zero attached hydrogens (tertiary/aromatic N) is 2. The number of likely N-dealkylation sites (N-methyl/N-ethyl adjacent to an activating group) is 1. The maximum Gasteiger partial charge on any atom is 0.243 e. The molecule has 0 aromatic heterocycles. The van der Waals surface area contributed by atoms with E-state index in [2.05, 4.69) is 4.90 Å². The van der Waals surface area contributed by atoms with E-state index in [0.29, 0.717) is 19.5 Å². The molecular weight excluding hydrogens is 369 g/mol. The van der Waals surface area contributed by atoms with Crippen molar-refractivity contribution in [3.8, 4) is 0 Å². The van der Waals surface area contributed by atoms with E-state index in [-0.39, 0.29) is 34.7 Å². The van der Waals surface area contributed by atoms with Gasteiger partial charge < -0.3 is 5.73 Å². The van der Waals surface area contributed by atoms with Crippen LogP contribution in [0.15, 0.2) is 29.2 Å². The predicted molar refractivity (Wildman–Crippen MR) is 101 cm³/mol. The monoisotopic (exact) mass is 397 g/mol. The Kier molecular flexibility index (Phi) is 5.88. The number of amides is 1. The number of sulfonamides is 1. The molecule has 2 N–H and O–H groups in total. The number of fused-ring (bicyclic) bond motifs is 1. The molecule has 0 bridgehead atoms. The van der Waals surface area contributed by atoms with Crippen molar-refractivity contribution in [3.63, 3.8) is 0 Å². The number of halogens is 1. The fraction of sp³-hybridized carbons (Fsp3) is 0.632. The van der Waals surface area contributed by atoms with Crippen LogP contribution in [0.5, 0.6) is 0 Å². The van der Waals surface area contributed by atoms with Gasteiger partial charge >= 0.3 is 0 Å². The molecule has 3 rings (SSSR count). The minimum absolute atomic E-state index is 0.120. The average molecular weight is 398 g/mol. The summed E-state index contributed by atoms with van der Waals surface area (Å²) in [6.07, 6.45) is 3.46. The summed E-state index contributed by atoms with van der Waals surface area (Å²) < 4.78 is 40.5. The molecule has 1 aliphatic carbocycles. The second-order valence-electron chi connectivity index (χ2n) is 7.72. The first-order valence-corrected chi connectivity index (χ1v) is 11.0. The molecule has 27 heavy (non-hydrogen) atoms. The van der Waals surface area contributed by atoms with E-state index in [0.717, 1.165) is 19.3 Å². The SMILES string of the molecule is CCC[C@@H](C(N)=O)N(C)[C@@H]1CC[C@H]2CN(S(=O)(=O)c3ccc(F)cc3)C[C@H]21. The zero-order chi connectivity index (χ0) is 19.8. The first-order valence-electron chi connectivity index (χ1n) is 9.52. The molecule has 0 unspecified atom stereocenters. The number of hydrogen-bond acceptors (Lipinski definition) is 4. The lowest BCUT2D eigenvalue weighted by Crippen LogP contribution is -2.49. The Morgan fingerprint density at radius 2 is 1.96 bits per heavy atom. The van der Waals surface area contributed by atoms with E-state index >= 15 is 0 Å². The quantitative estimate of drug-likeness (QED) is 0.761. The third kappa shape index (κ3) is 3.88. The van der Waals surface area contributed by atoms with Crippen LogP contribution in [0.3, 0.4) is 0 Å². The molecule has 4 atom stereocenters. The van der Waals surface area contributed by atoms with Crippen molar-refractivity contribution in [2.24, 2.45) is 17.6 Å². The highest BCUT2D eigenvalue weighted by Gasteiger charge is 2.48. The molecule has 1 amide bonds. The Labute approximate surface area is 160 Å². The summed E-state index contributed by atoms with van der Waals surface area (Å²) >= 11 is 0. The minimum Gasteiger partial charge on any atom is -0.368 e. The lowest BCUT2D eigenvalue weighted by molar-refractivity contribution is -0.124. The molecule has 1 saturated heterocycles. The molecule has 0 radical (unpaired) electrons. The predicted octanol–water partition coefficient (Wildman–Crippen LogP) is 1.81. The molecule has 2 aliphatic rings. The molecule has 0 spiro atoms. The zero-order valence-corrected chi connectivity index (χ0v) is 16.7. The van der Waals surface area contributed by atoms with Crippen molar-refractivity contribution in [3.05, 3.63) is 30.1 Å². The van der Waals surface area contributed by atoms with Gasteiger partial charge in [0, 0.05) is 19.1 Å². The van der Waals surface area contributed by atoms with Crippen molar-refractivity contribution in [2.75, 3.05) is 20.1 Å². The number of primary amides is 1. The number of rotatable bonds is 7. The second kappa shape index (κ2) is 7.85. The Morgan fingerprint density at radius 3 is 2.56 bits per heavy atom. The van der Waals surface area contributed by atoms with Crippen LogP contribution in [0.4, 0.5) is 4.39 Å². The molecule has 1 aromatic carbocycles. The van der Waals surface area contributed by atoms with Gasteiger partial charge in [0.15, 0.2) is 0 Å². The molecule has 1 aliphatic heterocycles. The van der Waals surface area contributed by atoms with Crippen molar-refractivity contribution in [1.29, 1.82) is 0 Å². The van der Waals surface area contributed by atoms with Crippen LogP contribution < -0.4 is 5.73 Å². The van der Waals surface area contributed by atoms with Crippen LogP contribution >= 0.6 is 0 Å². The zero-order valence-electron chi connectivity index (χ0n) is 15.8. The van der Waals surface area contributed by atoms with E-state index in [4.69, 9.17) is 5.73 Å². The molecule has 1 saturated carbocycles. The molecule has 150 valence electrons. The smallest absolute Gasteiger partial charge is 0.243 e. The largest absolute Gasteiger partial charge is 0.368 e. The maximum atomic E-state index is 13.1. The third-order valence-corrected chi connectivity index (χ3v) is 7.99. The molecule has 6 nitrogen and oxygen atoms in total. The van der Waals surface area contributed by atoms with Gasteiger partial charge in [-0.25, -0.2) is 12.8 Å². The molecule has 2 fully saturated rings. The number of hydrogen-bond donors (Lipinski definition) is 1. The summed E-state index contributed by atoms with van der Waals surface area (Å²) in [4.78, 5) is 14.0. The molecule has 1 aromatic rings. The van der Waals surface area contributed by atoms with Gasteiger partial charge in [-0.2, -0.15) is 4.31 Å². The molecule has 8 heteroatoms. The first kappa shape index (κ1) is 20.2. The van der Waals surface area contributed by atoms with E-state index in [9.17, 15) is 17.6 Å². The molecular formula is C19H28FN3O3S. The summed E-state index contributed by atoms with van der Waals surface area (Å²) in [5, 5.41) is 0. The fourth-order valence-corrected chi connectivity index (χ4v) is 6.24. The first-order chi connectivity index (χ1) is 12.8. The number of nitrogens with two attached hydrogens (primary N) is 1. The summed E-state index contributed by atoms with van der Waals surface area (Å²) in [5.41, 5.74) is 5.60. The standard InChI is InChI=1S/C19H28FN3O3S/c1-3-4-18(19(21)24)22(2)17-10-5-13-11-23(12-16(13)17)27(25,26)15-8-6-14(20)7-9-15/h6-9,13,16-18H,3-5,10-12H2,1-2H3,(H2,21,24)/t13-,16+,17+,18-/m0/s1. The summed E-state index contributed by atoms with van der Waals surface area (Å²) in [6.45, 7) is 2.93. The van der Waals surface area contributed by atoms with Crippen molar-refractivity contribution in [1.82, 2.24) is 9.21 Å². The van der Waals surface area contributed by atoms with E-state index < -0.39 is 15.8 Å². The van der Waals surface area contributed by atoms with E-state index in [1.807, 2.05) is 14.0 Å². The Bertz CT molecular complexity index is 784. The topological polar surface area (TPSA) is 83.7 Å². The van der Waals surface area contributed by atoms with Crippen LogP contribution in [-0.2, 0) is 14.8 Å². The van der Waals surface area contributed by atoms with Crippen LogP contribution in [0.25, 0.3) is 0 Å². The van der Waals surface area contributed by atoms with Gasteiger partial charge in [0.2, 0.25) is 15.9 Å². The van der Waals surface area contributed by atoms with Gasteiger partial charge in [0.25, 0.3) is 0 Å². The van der Waals surface area contributed by atoms with Gasteiger partial charge in [-0.15, -0.1) is 0 Å². The van der Waals surface area contributed by atoms with Gasteiger partial charge in [0.1, 0.15) is 5.82 Å². The van der Waals surface area contributed by atoms with Crippen molar-refractivity contribution >= 4 is 15.9 Å². The van der Waals surface area contributed by atoms with Crippen LogP contribution in [-0.4, -0.2) is 55.8 Å². The van der Waals surface area contributed by atoms with Crippen LogP contribution in [0, 0.1) is 17.7 Å². The second-order valence-corrected chi connectivity index (χ2v) is 9.65. The number of benzene rings is 1. The summed E-state index contributed by atoms with van der Waals surface area (Å²) in [6, 6.07) is 4.79. The Hall–Kier alpha value is -1.51. The highest BCUT2D eigenvalue weighted by molar-refractivity contribution is 7.89. The fourth-order valence-electron chi connectivity index (χ4n) is 4.70.